The Bertz CT molecular complexity index is 835. The lowest BCUT2D eigenvalue weighted by Gasteiger charge is -2.18. The van der Waals surface area contributed by atoms with E-state index in [9.17, 15) is 9.59 Å². The Kier molecular flexibility index (Phi) is 6.56. The van der Waals surface area contributed by atoms with E-state index >= 15 is 0 Å². The monoisotopic (exact) mass is 382 g/mol. The summed E-state index contributed by atoms with van der Waals surface area (Å²) >= 11 is 1.58. The fourth-order valence-corrected chi connectivity index (χ4v) is 4.28. The molecule has 2 amide bonds. The largest absolute Gasteiger partial charge is 0.326 e. The summed E-state index contributed by atoms with van der Waals surface area (Å²) in [5, 5.41) is 2.97. The lowest BCUT2D eigenvalue weighted by atomic mass is 10.1. The van der Waals surface area contributed by atoms with E-state index in [1.807, 2.05) is 42.5 Å². The number of carbonyl (C=O) groups excluding carboxylic acids is 2. The van der Waals surface area contributed by atoms with Crippen LogP contribution in [0.15, 0.2) is 52.3 Å². The van der Waals surface area contributed by atoms with Crippen LogP contribution < -0.4 is 10.2 Å². The van der Waals surface area contributed by atoms with Crippen LogP contribution in [0.3, 0.4) is 0 Å². The highest BCUT2D eigenvalue weighted by atomic mass is 32.2. The average Bonchev–Trinajstić information content (AvgIpc) is 2.77. The van der Waals surface area contributed by atoms with Crippen molar-refractivity contribution in [2.45, 2.75) is 55.2 Å². The third kappa shape index (κ3) is 4.72. The van der Waals surface area contributed by atoms with E-state index in [1.54, 1.807) is 23.7 Å². The molecule has 0 saturated heterocycles. The van der Waals surface area contributed by atoms with Crippen molar-refractivity contribution in [2.24, 2.45) is 0 Å². The maximum Gasteiger partial charge on any atom is 0.259 e. The molecule has 0 fully saturated rings. The minimum atomic E-state index is -0.0312. The Morgan fingerprint density at radius 2 is 1.81 bits per heavy atom. The van der Waals surface area contributed by atoms with Gasteiger partial charge in [0.05, 0.1) is 11.3 Å². The average molecular weight is 383 g/mol. The first-order valence-electron chi connectivity index (χ1n) is 9.59. The van der Waals surface area contributed by atoms with Crippen molar-refractivity contribution in [2.75, 3.05) is 17.3 Å². The highest BCUT2D eigenvalue weighted by Crippen LogP contribution is 2.41. The summed E-state index contributed by atoms with van der Waals surface area (Å²) in [6.45, 7) is 2.18. The standard InChI is InChI=1S/C22H26N2O2S/c1-3-4-5-6-7-12-21(25)23-16-13-14-20-18(15-16)24(2)22(26)17-10-8-9-11-19(17)27-20/h8-11,13-15H,3-7,12H2,1-2H3,(H,23,25). The molecule has 0 aliphatic carbocycles. The molecule has 3 rings (SSSR count). The molecule has 1 aliphatic heterocycles. The van der Waals surface area contributed by atoms with Gasteiger partial charge < -0.3 is 10.2 Å². The molecule has 1 heterocycles. The first-order chi connectivity index (χ1) is 13.1. The predicted octanol–water partition coefficient (Wildman–Crippen LogP) is 5.73. The van der Waals surface area contributed by atoms with Gasteiger partial charge >= 0.3 is 0 Å². The molecule has 0 spiro atoms. The summed E-state index contributed by atoms with van der Waals surface area (Å²) in [7, 11) is 1.78. The van der Waals surface area contributed by atoms with Crippen LogP contribution in [0, 0.1) is 0 Å². The molecule has 0 unspecified atom stereocenters. The van der Waals surface area contributed by atoms with Gasteiger partial charge in [-0.05, 0) is 36.8 Å². The van der Waals surface area contributed by atoms with Crippen molar-refractivity contribution in [1.82, 2.24) is 0 Å². The lowest BCUT2D eigenvalue weighted by Crippen LogP contribution is -2.26. The summed E-state index contributed by atoms with van der Waals surface area (Å²) in [6.07, 6.45) is 6.17. The van der Waals surface area contributed by atoms with Gasteiger partial charge in [0.15, 0.2) is 0 Å². The van der Waals surface area contributed by atoms with E-state index in [-0.39, 0.29) is 11.8 Å². The molecule has 0 radical (unpaired) electrons. The number of fused-ring (bicyclic) bond motifs is 2. The summed E-state index contributed by atoms with van der Waals surface area (Å²) < 4.78 is 0. The molecule has 0 atom stereocenters. The lowest BCUT2D eigenvalue weighted by molar-refractivity contribution is -0.116. The smallest absolute Gasteiger partial charge is 0.259 e. The highest BCUT2D eigenvalue weighted by molar-refractivity contribution is 7.99. The number of benzene rings is 2. The van der Waals surface area contributed by atoms with Crippen LogP contribution in [0.25, 0.3) is 0 Å². The predicted molar refractivity (Wildman–Crippen MR) is 112 cm³/mol. The fraction of sp³-hybridized carbons (Fsp3) is 0.364. The zero-order chi connectivity index (χ0) is 19.2. The van der Waals surface area contributed by atoms with E-state index < -0.39 is 0 Å². The van der Waals surface area contributed by atoms with Gasteiger partial charge in [0, 0.05) is 28.9 Å². The first-order valence-corrected chi connectivity index (χ1v) is 10.4. The number of rotatable bonds is 7. The normalized spacial score (nSPS) is 13.0. The van der Waals surface area contributed by atoms with Crippen molar-refractivity contribution in [3.63, 3.8) is 0 Å². The van der Waals surface area contributed by atoms with Gasteiger partial charge in [-0.3, -0.25) is 9.59 Å². The molecule has 1 aliphatic rings. The van der Waals surface area contributed by atoms with Crippen LogP contribution in [0.2, 0.25) is 0 Å². The van der Waals surface area contributed by atoms with Gasteiger partial charge in [0.25, 0.3) is 5.91 Å². The van der Waals surface area contributed by atoms with Crippen LogP contribution in [0.5, 0.6) is 0 Å². The molecule has 1 N–H and O–H groups in total. The molecule has 142 valence electrons. The maximum absolute atomic E-state index is 12.8. The van der Waals surface area contributed by atoms with E-state index in [0.717, 1.165) is 34.0 Å². The summed E-state index contributed by atoms with van der Waals surface area (Å²) in [4.78, 5) is 28.6. The van der Waals surface area contributed by atoms with E-state index in [4.69, 9.17) is 0 Å². The second-order valence-corrected chi connectivity index (χ2v) is 7.94. The number of hydrogen-bond donors (Lipinski definition) is 1. The number of nitrogens with zero attached hydrogens (tertiary/aromatic N) is 1. The van der Waals surface area contributed by atoms with Crippen molar-refractivity contribution in [3.05, 3.63) is 48.0 Å². The summed E-state index contributed by atoms with van der Waals surface area (Å²) in [6, 6.07) is 13.4. The quantitative estimate of drug-likeness (QED) is 0.622. The second kappa shape index (κ2) is 9.09. The Balaban J connectivity index is 1.70. The van der Waals surface area contributed by atoms with Crippen molar-refractivity contribution >= 4 is 35.0 Å². The molecule has 2 aromatic carbocycles. The van der Waals surface area contributed by atoms with Crippen LogP contribution in [0.1, 0.15) is 55.8 Å². The van der Waals surface area contributed by atoms with Gasteiger partial charge in [-0.15, -0.1) is 0 Å². The molecule has 5 heteroatoms. The molecule has 2 aromatic rings. The first kappa shape index (κ1) is 19.5. The highest BCUT2D eigenvalue weighted by Gasteiger charge is 2.24. The third-order valence-electron chi connectivity index (χ3n) is 4.75. The SMILES string of the molecule is CCCCCCCC(=O)Nc1ccc2c(c1)N(C)C(=O)c1ccccc1S2. The van der Waals surface area contributed by atoms with Crippen LogP contribution in [-0.4, -0.2) is 18.9 Å². The molecular formula is C22H26N2O2S. The fourth-order valence-electron chi connectivity index (χ4n) is 3.20. The molecule has 0 saturated carbocycles. The van der Waals surface area contributed by atoms with Crippen molar-refractivity contribution in [1.29, 1.82) is 0 Å². The molecule has 0 bridgehead atoms. The number of carbonyl (C=O) groups is 2. The summed E-state index contributed by atoms with van der Waals surface area (Å²) in [5.74, 6) is 0.00115. The van der Waals surface area contributed by atoms with Crippen molar-refractivity contribution in [3.8, 4) is 0 Å². The molecule has 4 nitrogen and oxygen atoms in total. The Hall–Kier alpha value is -2.27. The minimum Gasteiger partial charge on any atom is -0.326 e. The van der Waals surface area contributed by atoms with Crippen LogP contribution in [0.4, 0.5) is 11.4 Å². The molecule has 27 heavy (non-hydrogen) atoms. The number of amides is 2. The number of anilines is 2. The van der Waals surface area contributed by atoms with Gasteiger partial charge in [0.2, 0.25) is 5.91 Å². The molecular weight excluding hydrogens is 356 g/mol. The maximum atomic E-state index is 12.8. The van der Waals surface area contributed by atoms with Crippen LogP contribution >= 0.6 is 11.8 Å². The number of unbranched alkanes of at least 4 members (excludes halogenated alkanes) is 4. The van der Waals surface area contributed by atoms with E-state index in [0.29, 0.717) is 12.0 Å². The summed E-state index contributed by atoms with van der Waals surface area (Å²) in [5.41, 5.74) is 2.26. The van der Waals surface area contributed by atoms with E-state index in [2.05, 4.69) is 12.2 Å². The second-order valence-electron chi connectivity index (χ2n) is 6.86. The topological polar surface area (TPSA) is 49.4 Å². The minimum absolute atomic E-state index is 0.0312. The van der Waals surface area contributed by atoms with E-state index in [1.165, 1.54) is 19.3 Å². The van der Waals surface area contributed by atoms with Gasteiger partial charge in [0.1, 0.15) is 0 Å². The zero-order valence-electron chi connectivity index (χ0n) is 16.0. The number of nitrogens with one attached hydrogen (secondary N) is 1. The Labute approximate surface area is 165 Å². The van der Waals surface area contributed by atoms with Gasteiger partial charge in [-0.25, -0.2) is 0 Å². The Morgan fingerprint density at radius 1 is 1.04 bits per heavy atom. The zero-order valence-corrected chi connectivity index (χ0v) is 16.8. The van der Waals surface area contributed by atoms with Crippen molar-refractivity contribution < 1.29 is 9.59 Å². The number of hydrogen-bond acceptors (Lipinski definition) is 3. The Morgan fingerprint density at radius 3 is 2.63 bits per heavy atom. The van der Waals surface area contributed by atoms with Gasteiger partial charge in [-0.1, -0.05) is 56.5 Å². The third-order valence-corrected chi connectivity index (χ3v) is 5.89. The molecule has 0 aromatic heterocycles. The van der Waals surface area contributed by atoms with Crippen LogP contribution in [-0.2, 0) is 4.79 Å². The van der Waals surface area contributed by atoms with Gasteiger partial charge in [-0.2, -0.15) is 0 Å².